The van der Waals surface area contributed by atoms with Crippen molar-refractivity contribution in [3.05, 3.63) is 11.0 Å². The van der Waals surface area contributed by atoms with Crippen LogP contribution in [0.2, 0.25) is 11.5 Å². The van der Waals surface area contributed by atoms with Crippen molar-refractivity contribution >= 4 is 14.3 Å². The molecule has 0 aliphatic rings. The van der Waals surface area contributed by atoms with Crippen molar-refractivity contribution in [1.82, 2.24) is 0 Å². The molecule has 0 bridgehead atoms. The average Bonchev–Trinajstić information content (AvgIpc) is 1.36. The van der Waals surface area contributed by atoms with Gasteiger partial charge in [-0.25, -0.2) is 0 Å². The first-order valence-electron chi connectivity index (χ1n) is 2.10. The first-order chi connectivity index (χ1) is 2.64. The third-order valence-electron chi connectivity index (χ3n) is 0.854. The molecule has 0 aromatic rings. The van der Waals surface area contributed by atoms with Crippen LogP contribution in [-0.2, 0) is 32.7 Å². The van der Waals surface area contributed by atoms with Gasteiger partial charge in [-0.1, -0.05) is 0 Å². The van der Waals surface area contributed by atoms with Crippen molar-refractivity contribution in [2.24, 2.45) is 0 Å². The second kappa shape index (κ2) is 5.52. The second-order valence-corrected chi connectivity index (χ2v) is 7.77. The summed E-state index contributed by atoms with van der Waals surface area (Å²) in [4.78, 5) is 0. The van der Waals surface area contributed by atoms with Crippen LogP contribution in [0.1, 0.15) is 6.92 Å². The van der Waals surface area contributed by atoms with Crippen LogP contribution in [0.5, 0.6) is 0 Å². The summed E-state index contributed by atoms with van der Waals surface area (Å²) in [5.74, 6) is 4.62. The predicted molar refractivity (Wildman–Crippen MR) is 32.3 cm³/mol. The van der Waals surface area contributed by atoms with E-state index in [0.717, 1.165) is 0 Å². The summed E-state index contributed by atoms with van der Waals surface area (Å²) >= 11 is -0.657. The molecule has 7 heavy (non-hydrogen) atoms. The summed E-state index contributed by atoms with van der Waals surface area (Å²) in [5, 5.41) is 0. The van der Waals surface area contributed by atoms with Crippen LogP contribution >= 0.6 is 0 Å². The molecule has 0 saturated carbocycles. The average molecular weight is 233 g/mol. The van der Waals surface area contributed by atoms with Crippen molar-refractivity contribution in [3.8, 4) is 0 Å². The molecule has 0 rings (SSSR count). The fourth-order valence-electron chi connectivity index (χ4n) is 0. The van der Waals surface area contributed by atoms with Gasteiger partial charge in [-0.3, -0.25) is 0 Å². The molecule has 0 aliphatic heterocycles. The minimum Gasteiger partial charge on any atom is 0 e. The summed E-state index contributed by atoms with van der Waals surface area (Å²) in [7, 11) is 0. The van der Waals surface area contributed by atoms with Crippen molar-refractivity contribution in [2.75, 3.05) is 0 Å². The van der Waals surface area contributed by atoms with Crippen LogP contribution in [0.15, 0.2) is 11.0 Å². The van der Waals surface area contributed by atoms with Crippen molar-refractivity contribution in [3.63, 3.8) is 0 Å². The van der Waals surface area contributed by atoms with E-state index in [1.54, 1.807) is 0 Å². The van der Waals surface area contributed by atoms with Crippen LogP contribution in [0, 0.1) is 0 Å². The molecular weight excluding hydrogens is 222 g/mol. The molecule has 0 N–H and O–H groups in total. The Morgan fingerprint density at radius 2 is 1.57 bits per heavy atom. The third-order valence-corrected chi connectivity index (χ3v) is 4.44. The molecule has 38 valence electrons. The Morgan fingerprint density at radius 1 is 1.43 bits per heavy atom. The molecule has 0 atom stereocenters. The molecule has 0 nitrogen and oxygen atoms in total. The first-order valence-corrected chi connectivity index (χ1v) is 7.35. The zero-order valence-electron chi connectivity index (χ0n) is 5.28. The van der Waals surface area contributed by atoms with Crippen LogP contribution in [0.25, 0.3) is 0 Å². The summed E-state index contributed by atoms with van der Waals surface area (Å²) < 4.78 is 1.43. The molecule has 0 saturated heterocycles. The van der Waals surface area contributed by atoms with Crippen LogP contribution in [0.3, 0.4) is 0 Å². The predicted octanol–water partition coefficient (Wildman–Crippen LogP) is 1.85. The summed E-state index contributed by atoms with van der Waals surface area (Å²) in [6.45, 7) is 5.95. The fourth-order valence-corrected chi connectivity index (χ4v) is 0. The third kappa shape index (κ3) is 7.39. The molecular formula is C5H11GeY. The van der Waals surface area contributed by atoms with Crippen molar-refractivity contribution < 1.29 is 32.7 Å². The first kappa shape index (κ1) is 11.2. The molecule has 0 aromatic carbocycles. The van der Waals surface area contributed by atoms with E-state index in [-0.39, 0.29) is 32.7 Å². The van der Waals surface area contributed by atoms with Crippen molar-refractivity contribution in [2.45, 2.75) is 18.4 Å². The Hall–Kier alpha value is 1.39. The van der Waals surface area contributed by atoms with Gasteiger partial charge in [0.05, 0.1) is 0 Å². The van der Waals surface area contributed by atoms with Gasteiger partial charge >= 0.3 is 43.8 Å². The molecule has 0 heterocycles. The van der Waals surface area contributed by atoms with E-state index in [0.29, 0.717) is 0 Å². The Kier molecular flexibility index (Phi) is 8.85. The molecule has 0 fully saturated rings. The van der Waals surface area contributed by atoms with Gasteiger partial charge in [0.25, 0.3) is 0 Å². The normalized spacial score (nSPS) is 8.00. The molecule has 2 radical (unpaired) electrons. The number of rotatable bonds is 1. The van der Waals surface area contributed by atoms with Gasteiger partial charge in [0.2, 0.25) is 0 Å². The smallest absolute Gasteiger partial charge is 0 e. The Balaban J connectivity index is 0. The topological polar surface area (TPSA) is 0 Å². The van der Waals surface area contributed by atoms with Gasteiger partial charge in [0.15, 0.2) is 0 Å². The van der Waals surface area contributed by atoms with Gasteiger partial charge in [-0.05, 0) is 0 Å². The van der Waals surface area contributed by atoms with Crippen LogP contribution in [-0.4, -0.2) is 14.3 Å². The van der Waals surface area contributed by atoms with E-state index in [9.17, 15) is 0 Å². The zero-order valence-corrected chi connectivity index (χ0v) is 10.2. The van der Waals surface area contributed by atoms with E-state index < -0.39 is 14.3 Å². The number of hydrogen-bond donors (Lipinski definition) is 0. The monoisotopic (exact) mass is 234 g/mol. The molecule has 0 amide bonds. The molecule has 0 unspecified atom stereocenters. The van der Waals surface area contributed by atoms with E-state index in [1.165, 1.54) is 4.41 Å². The maximum atomic E-state index is 3.83. The van der Waals surface area contributed by atoms with Crippen molar-refractivity contribution in [1.29, 1.82) is 0 Å². The zero-order chi connectivity index (χ0) is 5.15. The minimum absolute atomic E-state index is 0. The molecule has 2 heteroatoms. The fraction of sp³-hybridized carbons (Fsp3) is 0.600. The Morgan fingerprint density at radius 3 is 1.57 bits per heavy atom. The molecule has 0 aliphatic carbocycles. The van der Waals surface area contributed by atoms with E-state index in [1.807, 2.05) is 0 Å². The van der Waals surface area contributed by atoms with E-state index in [4.69, 9.17) is 0 Å². The SMILES string of the molecule is C=[C](C)[Ge]([CH3])[CH3].[Y]. The summed E-state index contributed by atoms with van der Waals surface area (Å²) in [6, 6.07) is 0. The van der Waals surface area contributed by atoms with Crippen LogP contribution < -0.4 is 0 Å². The molecule has 0 aromatic heterocycles. The van der Waals surface area contributed by atoms with Crippen LogP contribution in [0.4, 0.5) is 0 Å². The van der Waals surface area contributed by atoms with Gasteiger partial charge in [-0.2, -0.15) is 0 Å². The van der Waals surface area contributed by atoms with E-state index in [2.05, 4.69) is 25.0 Å². The minimum atomic E-state index is -0.657. The quantitative estimate of drug-likeness (QED) is 0.606. The Labute approximate surface area is 75.7 Å². The molecule has 0 spiro atoms. The Bertz CT molecular complexity index is 59.1. The summed E-state index contributed by atoms with van der Waals surface area (Å²) in [6.07, 6.45) is 0. The van der Waals surface area contributed by atoms with Gasteiger partial charge in [0, 0.05) is 32.7 Å². The maximum absolute atomic E-state index is 3.83. The standard InChI is InChI=1S/C5H11Ge.Y/c1-5(2)6(3)4;/h1H2,2-4H3;. The maximum Gasteiger partial charge on any atom is 0 e. The second-order valence-electron chi connectivity index (χ2n) is 1.78. The van der Waals surface area contributed by atoms with Gasteiger partial charge < -0.3 is 0 Å². The summed E-state index contributed by atoms with van der Waals surface area (Å²) in [5.41, 5.74) is 0. The van der Waals surface area contributed by atoms with Gasteiger partial charge in [-0.15, -0.1) is 0 Å². The van der Waals surface area contributed by atoms with Gasteiger partial charge in [0.1, 0.15) is 0 Å². The largest absolute Gasteiger partial charge is 0 e. The number of hydrogen-bond acceptors (Lipinski definition) is 0. The number of allylic oxidation sites excluding steroid dienone is 1. The van der Waals surface area contributed by atoms with E-state index >= 15 is 0 Å².